The average molecular weight is 390 g/mol. The SMILES string of the molecule is Cn1c(SCc2nc3ccsc3c(=O)[nH]2)nnc1-c1ccccc1Cl. The van der Waals surface area contributed by atoms with Gasteiger partial charge >= 0.3 is 0 Å². The van der Waals surface area contributed by atoms with Crippen molar-refractivity contribution in [3.05, 3.63) is 56.9 Å². The van der Waals surface area contributed by atoms with E-state index in [0.29, 0.717) is 27.1 Å². The maximum absolute atomic E-state index is 12.0. The van der Waals surface area contributed by atoms with Crippen LogP contribution in [0, 0.1) is 0 Å². The van der Waals surface area contributed by atoms with Crippen molar-refractivity contribution in [2.75, 3.05) is 0 Å². The molecule has 4 rings (SSSR count). The third-order valence-electron chi connectivity index (χ3n) is 3.65. The van der Waals surface area contributed by atoms with Crippen molar-refractivity contribution in [1.29, 1.82) is 0 Å². The molecule has 3 heterocycles. The van der Waals surface area contributed by atoms with E-state index in [2.05, 4.69) is 20.2 Å². The minimum atomic E-state index is -0.106. The molecular weight excluding hydrogens is 378 g/mol. The molecule has 0 saturated heterocycles. The van der Waals surface area contributed by atoms with Crippen molar-refractivity contribution in [1.82, 2.24) is 24.7 Å². The summed E-state index contributed by atoms with van der Waals surface area (Å²) in [7, 11) is 1.89. The second-order valence-corrected chi connectivity index (χ2v) is 7.55. The maximum Gasteiger partial charge on any atom is 0.268 e. The van der Waals surface area contributed by atoms with E-state index in [0.717, 1.165) is 16.2 Å². The number of H-pyrrole nitrogens is 1. The summed E-state index contributed by atoms with van der Waals surface area (Å²) in [5.41, 5.74) is 1.45. The molecule has 0 spiro atoms. The van der Waals surface area contributed by atoms with E-state index in [4.69, 9.17) is 11.6 Å². The van der Waals surface area contributed by atoms with Gasteiger partial charge in [-0.3, -0.25) is 4.79 Å². The smallest absolute Gasteiger partial charge is 0.268 e. The first kappa shape index (κ1) is 16.3. The van der Waals surface area contributed by atoms with Gasteiger partial charge in [0.1, 0.15) is 10.5 Å². The monoisotopic (exact) mass is 389 g/mol. The number of fused-ring (bicyclic) bond motifs is 1. The van der Waals surface area contributed by atoms with Gasteiger partial charge in [0, 0.05) is 12.6 Å². The first-order valence-electron chi connectivity index (χ1n) is 7.37. The van der Waals surface area contributed by atoms with E-state index in [-0.39, 0.29) is 5.56 Å². The van der Waals surface area contributed by atoms with Gasteiger partial charge in [-0.2, -0.15) is 0 Å². The quantitative estimate of drug-likeness (QED) is 0.538. The summed E-state index contributed by atoms with van der Waals surface area (Å²) >= 11 is 9.09. The lowest BCUT2D eigenvalue weighted by Crippen LogP contribution is -2.09. The number of hydrogen-bond donors (Lipinski definition) is 1. The van der Waals surface area contributed by atoms with Gasteiger partial charge in [-0.05, 0) is 23.6 Å². The Bertz CT molecular complexity index is 1120. The van der Waals surface area contributed by atoms with Crippen LogP contribution in [0.1, 0.15) is 5.82 Å². The van der Waals surface area contributed by atoms with Gasteiger partial charge in [-0.15, -0.1) is 21.5 Å². The Morgan fingerprint density at radius 1 is 1.28 bits per heavy atom. The predicted octanol–water partition coefficient (Wildman–Crippen LogP) is 3.73. The molecule has 0 aliphatic rings. The number of nitrogens with zero attached hydrogens (tertiary/aromatic N) is 4. The van der Waals surface area contributed by atoms with Crippen LogP contribution in [0.15, 0.2) is 45.7 Å². The van der Waals surface area contributed by atoms with Crippen molar-refractivity contribution in [2.45, 2.75) is 10.9 Å². The Hall–Kier alpha value is -2.16. The number of aromatic amines is 1. The molecule has 0 amide bonds. The highest BCUT2D eigenvalue weighted by atomic mass is 35.5. The first-order chi connectivity index (χ1) is 12.1. The minimum Gasteiger partial charge on any atom is -0.309 e. The van der Waals surface area contributed by atoms with Crippen LogP contribution in [-0.2, 0) is 12.8 Å². The predicted molar refractivity (Wildman–Crippen MR) is 101 cm³/mol. The van der Waals surface area contributed by atoms with Gasteiger partial charge in [-0.25, -0.2) is 4.98 Å². The van der Waals surface area contributed by atoms with Crippen molar-refractivity contribution in [3.8, 4) is 11.4 Å². The van der Waals surface area contributed by atoms with Crippen LogP contribution in [0.3, 0.4) is 0 Å². The summed E-state index contributed by atoms with van der Waals surface area (Å²) in [6, 6.07) is 9.36. The number of hydrogen-bond acceptors (Lipinski definition) is 6. The summed E-state index contributed by atoms with van der Waals surface area (Å²) in [5, 5.41) is 11.7. The van der Waals surface area contributed by atoms with E-state index in [9.17, 15) is 4.79 Å². The lowest BCUT2D eigenvalue weighted by molar-refractivity contribution is 0.793. The summed E-state index contributed by atoms with van der Waals surface area (Å²) in [6.07, 6.45) is 0. The largest absolute Gasteiger partial charge is 0.309 e. The number of thiophene rings is 1. The molecule has 4 aromatic rings. The molecule has 25 heavy (non-hydrogen) atoms. The van der Waals surface area contributed by atoms with E-state index in [1.165, 1.54) is 23.1 Å². The highest BCUT2D eigenvalue weighted by Gasteiger charge is 2.14. The van der Waals surface area contributed by atoms with Gasteiger partial charge in [0.2, 0.25) is 0 Å². The first-order valence-corrected chi connectivity index (χ1v) is 9.61. The lowest BCUT2D eigenvalue weighted by Gasteiger charge is -2.05. The zero-order valence-electron chi connectivity index (χ0n) is 13.1. The minimum absolute atomic E-state index is 0.106. The zero-order valence-corrected chi connectivity index (χ0v) is 15.5. The second kappa shape index (κ2) is 6.62. The fourth-order valence-corrected chi connectivity index (χ4v) is 4.17. The molecule has 0 bridgehead atoms. The van der Waals surface area contributed by atoms with Gasteiger partial charge in [0.15, 0.2) is 11.0 Å². The normalized spacial score (nSPS) is 11.3. The van der Waals surface area contributed by atoms with Crippen LogP contribution in [-0.4, -0.2) is 24.7 Å². The van der Waals surface area contributed by atoms with Crippen molar-refractivity contribution < 1.29 is 0 Å². The molecule has 0 fully saturated rings. The molecule has 6 nitrogen and oxygen atoms in total. The van der Waals surface area contributed by atoms with Crippen molar-refractivity contribution in [3.63, 3.8) is 0 Å². The molecule has 0 aliphatic carbocycles. The standard InChI is InChI=1S/C16H12ClN5OS2/c1-22-14(9-4-2-3-5-10(9)17)20-21-16(22)25-8-12-18-11-6-7-24-13(11)15(23)19-12/h2-7H,8H2,1H3,(H,18,19,23). The average Bonchev–Trinajstić information content (AvgIpc) is 3.21. The molecule has 1 aromatic carbocycles. The van der Waals surface area contributed by atoms with Crippen molar-refractivity contribution in [2.24, 2.45) is 7.05 Å². The Labute approximate surface area is 155 Å². The van der Waals surface area contributed by atoms with Crippen molar-refractivity contribution >= 4 is 44.9 Å². The molecule has 0 radical (unpaired) electrons. The van der Waals surface area contributed by atoms with E-state index in [1.807, 2.05) is 47.3 Å². The van der Waals surface area contributed by atoms with Gasteiger partial charge in [0.05, 0.1) is 16.3 Å². The molecule has 0 atom stereocenters. The number of thioether (sulfide) groups is 1. The number of rotatable bonds is 4. The number of nitrogens with one attached hydrogen (secondary N) is 1. The van der Waals surface area contributed by atoms with Crippen LogP contribution in [0.25, 0.3) is 21.6 Å². The molecule has 0 aliphatic heterocycles. The zero-order chi connectivity index (χ0) is 17.4. The number of benzene rings is 1. The van der Waals surface area contributed by atoms with E-state index in [1.54, 1.807) is 0 Å². The summed E-state index contributed by atoms with van der Waals surface area (Å²) in [4.78, 5) is 19.3. The highest BCUT2D eigenvalue weighted by Crippen LogP contribution is 2.29. The molecule has 3 aromatic heterocycles. The van der Waals surface area contributed by atoms with E-state index >= 15 is 0 Å². The third kappa shape index (κ3) is 3.08. The summed E-state index contributed by atoms with van der Waals surface area (Å²) < 4.78 is 2.53. The van der Waals surface area contributed by atoms with Crippen LogP contribution in [0.5, 0.6) is 0 Å². The summed E-state index contributed by atoms with van der Waals surface area (Å²) in [6.45, 7) is 0. The number of halogens is 1. The number of aromatic nitrogens is 5. The van der Waals surface area contributed by atoms with Gasteiger partial charge < -0.3 is 9.55 Å². The molecule has 126 valence electrons. The molecule has 0 saturated carbocycles. The lowest BCUT2D eigenvalue weighted by atomic mass is 10.2. The Morgan fingerprint density at radius 3 is 2.96 bits per heavy atom. The Morgan fingerprint density at radius 2 is 2.12 bits per heavy atom. The molecule has 0 unspecified atom stereocenters. The Balaban J connectivity index is 1.59. The molecule has 1 N–H and O–H groups in total. The molecular formula is C16H12ClN5OS2. The topological polar surface area (TPSA) is 76.5 Å². The van der Waals surface area contributed by atoms with Gasteiger partial charge in [0.25, 0.3) is 5.56 Å². The van der Waals surface area contributed by atoms with E-state index < -0.39 is 0 Å². The van der Waals surface area contributed by atoms with Crippen LogP contribution < -0.4 is 5.56 Å². The summed E-state index contributed by atoms with van der Waals surface area (Å²) in [5.74, 6) is 1.81. The van der Waals surface area contributed by atoms with Crippen LogP contribution in [0.2, 0.25) is 5.02 Å². The fraction of sp³-hybridized carbons (Fsp3) is 0.125. The highest BCUT2D eigenvalue weighted by molar-refractivity contribution is 7.98. The van der Waals surface area contributed by atoms with Gasteiger partial charge in [-0.1, -0.05) is 35.5 Å². The second-order valence-electron chi connectivity index (χ2n) is 5.28. The van der Waals surface area contributed by atoms with Crippen LogP contribution >= 0.6 is 34.7 Å². The fourth-order valence-electron chi connectivity index (χ4n) is 2.44. The molecule has 9 heteroatoms. The Kier molecular flexibility index (Phi) is 4.32. The third-order valence-corrected chi connectivity index (χ3v) is 5.92. The maximum atomic E-state index is 12.0. The van der Waals surface area contributed by atoms with Crippen LogP contribution in [0.4, 0.5) is 0 Å².